The predicted molar refractivity (Wildman–Crippen MR) is 77.7 cm³/mol. The van der Waals surface area contributed by atoms with Crippen molar-refractivity contribution in [2.75, 3.05) is 6.61 Å². The fourth-order valence-corrected chi connectivity index (χ4v) is 4.77. The number of nitrogens with zero attached hydrogens (tertiary/aromatic N) is 3. The minimum atomic E-state index is 0.432. The molecule has 0 aromatic carbocycles. The number of hydrogen-bond acceptors (Lipinski definition) is 4. The maximum Gasteiger partial charge on any atom is 0.160 e. The van der Waals surface area contributed by atoms with Crippen LogP contribution >= 0.6 is 0 Å². The first-order valence-electron chi connectivity index (χ1n) is 8.02. The van der Waals surface area contributed by atoms with E-state index >= 15 is 0 Å². The second-order valence-corrected chi connectivity index (χ2v) is 6.73. The molecule has 5 heteroatoms. The van der Waals surface area contributed by atoms with E-state index in [1.807, 2.05) is 24.4 Å². The minimum Gasteiger partial charge on any atom is -0.377 e. The average molecular weight is 284 g/mol. The molecular weight excluding hydrogens is 264 g/mol. The van der Waals surface area contributed by atoms with Gasteiger partial charge in [-0.2, -0.15) is 0 Å². The van der Waals surface area contributed by atoms with Crippen LogP contribution in [-0.2, 0) is 11.3 Å². The van der Waals surface area contributed by atoms with E-state index in [1.165, 1.54) is 25.7 Å². The molecule has 21 heavy (non-hydrogen) atoms. The number of pyridine rings is 1. The van der Waals surface area contributed by atoms with Gasteiger partial charge in [0.05, 0.1) is 12.6 Å². The van der Waals surface area contributed by atoms with Gasteiger partial charge in [0.1, 0.15) is 0 Å². The van der Waals surface area contributed by atoms with Gasteiger partial charge in [-0.15, -0.1) is 10.2 Å². The van der Waals surface area contributed by atoms with E-state index in [-0.39, 0.29) is 0 Å². The summed E-state index contributed by atoms with van der Waals surface area (Å²) in [5.74, 6) is 1.71. The van der Waals surface area contributed by atoms with E-state index in [0.717, 1.165) is 24.6 Å². The Bertz CT molecular complexity index is 678. The van der Waals surface area contributed by atoms with Crippen molar-refractivity contribution < 1.29 is 4.74 Å². The summed E-state index contributed by atoms with van der Waals surface area (Å²) < 4.78 is 8.05. The largest absolute Gasteiger partial charge is 0.377 e. The summed E-state index contributed by atoms with van der Waals surface area (Å²) in [6.45, 7) is 1.74. The van der Waals surface area contributed by atoms with Gasteiger partial charge in [-0.25, -0.2) is 0 Å². The summed E-state index contributed by atoms with van der Waals surface area (Å²) in [4.78, 5) is 0. The molecule has 0 amide bonds. The molecular formula is C16H20N4O. The van der Waals surface area contributed by atoms with Gasteiger partial charge in [0.15, 0.2) is 11.5 Å². The molecule has 3 fully saturated rings. The van der Waals surface area contributed by atoms with Crippen molar-refractivity contribution in [1.82, 2.24) is 19.9 Å². The third-order valence-corrected chi connectivity index (χ3v) is 5.90. The first kappa shape index (κ1) is 12.1. The average Bonchev–Trinajstić information content (AvgIpc) is 3.04. The predicted octanol–water partition coefficient (Wildman–Crippen LogP) is 1.78. The van der Waals surface area contributed by atoms with Gasteiger partial charge in [0.25, 0.3) is 0 Å². The number of rotatable bonds is 3. The van der Waals surface area contributed by atoms with Gasteiger partial charge >= 0.3 is 0 Å². The lowest BCUT2D eigenvalue weighted by atomic mass is 9.46. The van der Waals surface area contributed by atoms with Crippen molar-refractivity contribution in [1.29, 1.82) is 0 Å². The molecule has 1 N–H and O–H groups in total. The lowest BCUT2D eigenvalue weighted by molar-refractivity contribution is -0.176. The molecule has 2 aromatic rings. The van der Waals surface area contributed by atoms with Gasteiger partial charge in [-0.05, 0) is 31.4 Å². The van der Waals surface area contributed by atoms with Gasteiger partial charge in [-0.1, -0.05) is 12.5 Å². The maximum atomic E-state index is 5.97. The van der Waals surface area contributed by atoms with E-state index in [0.29, 0.717) is 23.5 Å². The number of aromatic nitrogens is 3. The van der Waals surface area contributed by atoms with Gasteiger partial charge < -0.3 is 10.1 Å². The zero-order valence-electron chi connectivity index (χ0n) is 12.0. The van der Waals surface area contributed by atoms with Crippen LogP contribution in [0.1, 0.15) is 31.5 Å². The summed E-state index contributed by atoms with van der Waals surface area (Å²) in [5, 5.41) is 12.3. The van der Waals surface area contributed by atoms with Gasteiger partial charge in [0.2, 0.25) is 0 Å². The Hall–Kier alpha value is -1.46. The van der Waals surface area contributed by atoms with Crippen molar-refractivity contribution >= 4 is 5.65 Å². The molecule has 3 aliphatic rings. The first-order chi connectivity index (χ1) is 10.4. The normalized spacial score (nSPS) is 32.9. The molecule has 0 radical (unpaired) electrons. The van der Waals surface area contributed by atoms with Crippen LogP contribution in [0.3, 0.4) is 0 Å². The van der Waals surface area contributed by atoms with Crippen LogP contribution in [0.15, 0.2) is 24.4 Å². The molecule has 1 spiro atoms. The van der Waals surface area contributed by atoms with Crippen molar-refractivity contribution in [3.8, 4) is 0 Å². The Balaban J connectivity index is 1.36. The zero-order chi connectivity index (χ0) is 13.9. The topological polar surface area (TPSA) is 51.5 Å². The number of fused-ring (bicyclic) bond motifs is 3. The lowest BCUT2D eigenvalue weighted by Crippen LogP contribution is -2.70. The molecule has 2 saturated carbocycles. The highest BCUT2D eigenvalue weighted by atomic mass is 16.5. The van der Waals surface area contributed by atoms with Crippen molar-refractivity contribution in [3.63, 3.8) is 0 Å². The molecule has 3 heterocycles. The Morgan fingerprint density at radius 1 is 1.33 bits per heavy atom. The fraction of sp³-hybridized carbons (Fsp3) is 0.625. The van der Waals surface area contributed by atoms with Crippen LogP contribution in [-0.4, -0.2) is 33.4 Å². The first-order valence-corrected chi connectivity index (χ1v) is 8.02. The monoisotopic (exact) mass is 284 g/mol. The van der Waals surface area contributed by atoms with Gasteiger partial charge in [0, 0.05) is 30.2 Å². The van der Waals surface area contributed by atoms with Crippen LogP contribution in [0.4, 0.5) is 0 Å². The molecule has 5 rings (SSSR count). The van der Waals surface area contributed by atoms with Crippen molar-refractivity contribution in [3.05, 3.63) is 30.2 Å². The molecule has 3 atom stereocenters. The Labute approximate surface area is 123 Å². The second kappa shape index (κ2) is 4.27. The number of hydrogen-bond donors (Lipinski definition) is 1. The van der Waals surface area contributed by atoms with Crippen LogP contribution in [0.5, 0.6) is 0 Å². The highest BCUT2D eigenvalue weighted by Crippen LogP contribution is 2.62. The van der Waals surface area contributed by atoms with Crippen LogP contribution in [0.2, 0.25) is 0 Å². The van der Waals surface area contributed by atoms with E-state index in [1.54, 1.807) is 0 Å². The fourth-order valence-electron chi connectivity index (χ4n) is 4.77. The summed E-state index contributed by atoms with van der Waals surface area (Å²) in [5.41, 5.74) is 1.35. The Kier molecular flexibility index (Phi) is 2.47. The van der Waals surface area contributed by atoms with E-state index in [4.69, 9.17) is 4.74 Å². The summed E-state index contributed by atoms with van der Waals surface area (Å²) in [6.07, 6.45) is 7.79. The van der Waals surface area contributed by atoms with Crippen molar-refractivity contribution in [2.24, 2.45) is 11.3 Å². The highest BCUT2D eigenvalue weighted by molar-refractivity contribution is 5.37. The maximum absolute atomic E-state index is 5.97. The molecule has 1 aliphatic heterocycles. The molecule has 5 nitrogen and oxygen atoms in total. The zero-order valence-corrected chi connectivity index (χ0v) is 12.0. The summed E-state index contributed by atoms with van der Waals surface area (Å²) >= 11 is 0. The number of ether oxygens (including phenoxy) is 1. The minimum absolute atomic E-state index is 0.432. The van der Waals surface area contributed by atoms with Crippen LogP contribution < -0.4 is 5.32 Å². The standard InChI is InChI=1S/C16H20N4O/c1-2-8-20-12(4-1)18-19-13(20)10-17-14-11-5-9-21-15(11)16(14)6-3-7-16/h1-2,4,8,11,14-15,17H,3,5-7,9-10H2/t11-,14+,15-/m0/s1. The molecule has 0 unspecified atom stereocenters. The molecule has 2 aromatic heterocycles. The SMILES string of the molecule is c1ccn2c(CN[C@@H]3[C@@H]4CCO[C@@H]4C34CCC4)nnc2c1. The second-order valence-electron chi connectivity index (χ2n) is 6.73. The third-order valence-electron chi connectivity index (χ3n) is 5.90. The molecule has 1 saturated heterocycles. The van der Waals surface area contributed by atoms with Gasteiger partial charge in [-0.3, -0.25) is 4.40 Å². The molecule has 110 valence electrons. The smallest absolute Gasteiger partial charge is 0.160 e. The van der Waals surface area contributed by atoms with Crippen LogP contribution in [0, 0.1) is 11.3 Å². The summed E-state index contributed by atoms with van der Waals surface area (Å²) in [7, 11) is 0. The lowest BCUT2D eigenvalue weighted by Gasteiger charge is -2.63. The highest BCUT2D eigenvalue weighted by Gasteiger charge is 2.66. The summed E-state index contributed by atoms with van der Waals surface area (Å²) in [6, 6.07) is 6.62. The third kappa shape index (κ3) is 1.53. The van der Waals surface area contributed by atoms with E-state index in [9.17, 15) is 0 Å². The quantitative estimate of drug-likeness (QED) is 0.933. The van der Waals surface area contributed by atoms with E-state index < -0.39 is 0 Å². The number of nitrogens with one attached hydrogen (secondary N) is 1. The van der Waals surface area contributed by atoms with Crippen molar-refractivity contribution in [2.45, 2.75) is 44.4 Å². The molecule has 2 aliphatic carbocycles. The van der Waals surface area contributed by atoms with E-state index in [2.05, 4.69) is 19.9 Å². The Morgan fingerprint density at radius 2 is 2.29 bits per heavy atom. The Morgan fingerprint density at radius 3 is 3.14 bits per heavy atom. The molecule has 0 bridgehead atoms. The van der Waals surface area contributed by atoms with Crippen LogP contribution in [0.25, 0.3) is 5.65 Å².